The Bertz CT molecular complexity index is 502. The van der Waals surface area contributed by atoms with Gasteiger partial charge in [-0.1, -0.05) is 0 Å². The van der Waals surface area contributed by atoms with Crippen molar-refractivity contribution in [3.05, 3.63) is 29.6 Å². The van der Waals surface area contributed by atoms with Crippen molar-refractivity contribution in [2.45, 2.75) is 44.7 Å². The SMILES string of the molecule is Cc1cc(F)ccc1OCCC(C)(NC1CC1)C(=O)O. The number of aliphatic carboxylic acids is 1. The largest absolute Gasteiger partial charge is 0.493 e. The van der Waals surface area contributed by atoms with Crippen molar-refractivity contribution in [3.63, 3.8) is 0 Å². The lowest BCUT2D eigenvalue weighted by Crippen LogP contribution is -2.51. The molecule has 0 aromatic heterocycles. The molecule has 1 saturated carbocycles. The van der Waals surface area contributed by atoms with Crippen LogP contribution in [0.1, 0.15) is 31.7 Å². The van der Waals surface area contributed by atoms with E-state index >= 15 is 0 Å². The van der Waals surface area contributed by atoms with Crippen LogP contribution in [0.3, 0.4) is 0 Å². The Morgan fingerprint density at radius 3 is 2.80 bits per heavy atom. The summed E-state index contributed by atoms with van der Waals surface area (Å²) in [7, 11) is 0. The smallest absolute Gasteiger partial charge is 0.323 e. The lowest BCUT2D eigenvalue weighted by Gasteiger charge is -2.26. The van der Waals surface area contributed by atoms with Gasteiger partial charge in [0, 0.05) is 12.5 Å². The van der Waals surface area contributed by atoms with E-state index in [1.54, 1.807) is 19.9 Å². The summed E-state index contributed by atoms with van der Waals surface area (Å²) in [6, 6.07) is 4.61. The average Bonchev–Trinajstić information content (AvgIpc) is 3.15. The van der Waals surface area contributed by atoms with Crippen molar-refractivity contribution in [1.29, 1.82) is 0 Å². The monoisotopic (exact) mass is 281 g/mol. The fraction of sp³-hybridized carbons (Fsp3) is 0.533. The Hall–Kier alpha value is -1.62. The highest BCUT2D eigenvalue weighted by Crippen LogP contribution is 2.25. The molecule has 0 amide bonds. The van der Waals surface area contributed by atoms with Crippen LogP contribution in [0, 0.1) is 12.7 Å². The van der Waals surface area contributed by atoms with Gasteiger partial charge in [0.05, 0.1) is 6.61 Å². The predicted octanol–water partition coefficient (Wildman–Crippen LogP) is 2.50. The second-order valence-corrected chi connectivity index (χ2v) is 5.56. The first-order valence-electron chi connectivity index (χ1n) is 6.81. The summed E-state index contributed by atoms with van der Waals surface area (Å²) in [5, 5.41) is 12.5. The normalized spacial score (nSPS) is 17.6. The molecule has 0 spiro atoms. The van der Waals surface area contributed by atoms with Crippen LogP contribution >= 0.6 is 0 Å². The van der Waals surface area contributed by atoms with Crippen LogP contribution in [0.25, 0.3) is 0 Å². The summed E-state index contributed by atoms with van der Waals surface area (Å²) in [6.45, 7) is 3.71. The maximum Gasteiger partial charge on any atom is 0.323 e. The van der Waals surface area contributed by atoms with Gasteiger partial charge in [0.2, 0.25) is 0 Å². The number of nitrogens with one attached hydrogen (secondary N) is 1. The Balaban J connectivity index is 1.90. The number of carboxylic acids is 1. The van der Waals surface area contributed by atoms with Gasteiger partial charge >= 0.3 is 5.97 Å². The minimum Gasteiger partial charge on any atom is -0.493 e. The van der Waals surface area contributed by atoms with Crippen LogP contribution in [0.15, 0.2) is 18.2 Å². The summed E-state index contributed by atoms with van der Waals surface area (Å²) < 4.78 is 18.5. The Morgan fingerprint density at radius 2 is 2.25 bits per heavy atom. The van der Waals surface area contributed by atoms with Gasteiger partial charge in [-0.3, -0.25) is 10.1 Å². The molecule has 1 aliphatic rings. The van der Waals surface area contributed by atoms with Crippen molar-refractivity contribution in [2.24, 2.45) is 0 Å². The minimum absolute atomic E-state index is 0.273. The standard InChI is InChI=1S/C15H20FNO3/c1-10-9-11(16)3-6-13(10)20-8-7-15(2,14(18)19)17-12-4-5-12/h3,6,9,12,17H,4-5,7-8H2,1-2H3,(H,18,19). The van der Waals surface area contributed by atoms with E-state index in [4.69, 9.17) is 4.74 Å². The zero-order chi connectivity index (χ0) is 14.8. The molecule has 0 bridgehead atoms. The first-order valence-corrected chi connectivity index (χ1v) is 6.81. The van der Waals surface area contributed by atoms with Crippen molar-refractivity contribution in [2.75, 3.05) is 6.61 Å². The summed E-state index contributed by atoms with van der Waals surface area (Å²) in [5.74, 6) is -0.588. The van der Waals surface area contributed by atoms with Gasteiger partial charge in [-0.05, 0) is 50.5 Å². The van der Waals surface area contributed by atoms with Gasteiger partial charge in [-0.2, -0.15) is 0 Å². The zero-order valence-electron chi connectivity index (χ0n) is 11.8. The van der Waals surface area contributed by atoms with E-state index in [1.807, 2.05) is 0 Å². The first kappa shape index (κ1) is 14.8. The Labute approximate surface area is 117 Å². The molecule has 2 rings (SSSR count). The van der Waals surface area contributed by atoms with Gasteiger partial charge in [-0.25, -0.2) is 4.39 Å². The summed E-state index contributed by atoms with van der Waals surface area (Å²) in [6.07, 6.45) is 2.41. The molecular weight excluding hydrogens is 261 g/mol. The lowest BCUT2D eigenvalue weighted by atomic mass is 9.98. The molecule has 1 aliphatic carbocycles. The molecule has 0 saturated heterocycles. The summed E-state index contributed by atoms with van der Waals surface area (Å²) >= 11 is 0. The van der Waals surface area contributed by atoms with E-state index in [1.165, 1.54) is 12.1 Å². The topological polar surface area (TPSA) is 58.6 Å². The van der Waals surface area contributed by atoms with Crippen LogP contribution in [-0.2, 0) is 4.79 Å². The third-order valence-electron chi connectivity index (χ3n) is 3.57. The van der Waals surface area contributed by atoms with Crippen LogP contribution in [0.5, 0.6) is 5.75 Å². The number of carboxylic acid groups (broad SMARTS) is 1. The van der Waals surface area contributed by atoms with E-state index in [0.29, 0.717) is 23.8 Å². The molecule has 2 N–H and O–H groups in total. The molecule has 5 heteroatoms. The number of hydrogen-bond acceptors (Lipinski definition) is 3. The maximum atomic E-state index is 13.0. The zero-order valence-corrected chi connectivity index (χ0v) is 11.8. The highest BCUT2D eigenvalue weighted by Gasteiger charge is 2.38. The number of hydrogen-bond donors (Lipinski definition) is 2. The molecule has 1 unspecified atom stereocenters. The van der Waals surface area contributed by atoms with Crippen molar-refractivity contribution < 1.29 is 19.0 Å². The number of benzene rings is 1. The van der Waals surface area contributed by atoms with Gasteiger partial charge in [0.1, 0.15) is 17.1 Å². The van der Waals surface area contributed by atoms with Crippen molar-refractivity contribution >= 4 is 5.97 Å². The number of rotatable bonds is 7. The van der Waals surface area contributed by atoms with Gasteiger partial charge in [0.25, 0.3) is 0 Å². The molecule has 1 fully saturated rings. The van der Waals surface area contributed by atoms with Gasteiger partial charge in [-0.15, -0.1) is 0 Å². The minimum atomic E-state index is -0.977. The predicted molar refractivity (Wildman–Crippen MR) is 73.4 cm³/mol. The van der Waals surface area contributed by atoms with E-state index in [2.05, 4.69) is 5.32 Å². The number of halogens is 1. The third-order valence-corrected chi connectivity index (χ3v) is 3.57. The average molecular weight is 281 g/mol. The Kier molecular flexibility index (Phi) is 4.28. The first-order chi connectivity index (χ1) is 9.40. The van der Waals surface area contributed by atoms with Gasteiger partial charge in [0.15, 0.2) is 0 Å². The van der Waals surface area contributed by atoms with E-state index < -0.39 is 11.5 Å². The molecule has 0 radical (unpaired) electrons. The van der Waals surface area contributed by atoms with Crippen LogP contribution in [0.4, 0.5) is 4.39 Å². The molecule has 110 valence electrons. The highest BCUT2D eigenvalue weighted by atomic mass is 19.1. The summed E-state index contributed by atoms with van der Waals surface area (Å²) in [4.78, 5) is 11.4. The number of carbonyl (C=O) groups is 1. The molecular formula is C15H20FNO3. The van der Waals surface area contributed by atoms with Crippen LogP contribution in [0.2, 0.25) is 0 Å². The van der Waals surface area contributed by atoms with Crippen LogP contribution in [-0.4, -0.2) is 29.3 Å². The third kappa shape index (κ3) is 3.70. The molecule has 20 heavy (non-hydrogen) atoms. The van der Waals surface area contributed by atoms with E-state index in [-0.39, 0.29) is 12.4 Å². The van der Waals surface area contributed by atoms with E-state index in [9.17, 15) is 14.3 Å². The quantitative estimate of drug-likeness (QED) is 0.806. The number of aryl methyl sites for hydroxylation is 1. The highest BCUT2D eigenvalue weighted by molar-refractivity contribution is 5.78. The van der Waals surface area contributed by atoms with Crippen LogP contribution < -0.4 is 10.1 Å². The molecule has 0 heterocycles. The fourth-order valence-corrected chi connectivity index (χ4v) is 2.06. The van der Waals surface area contributed by atoms with Crippen molar-refractivity contribution in [3.8, 4) is 5.75 Å². The lowest BCUT2D eigenvalue weighted by molar-refractivity contribution is -0.144. The second-order valence-electron chi connectivity index (χ2n) is 5.56. The van der Waals surface area contributed by atoms with Gasteiger partial charge < -0.3 is 9.84 Å². The molecule has 1 aromatic rings. The Morgan fingerprint density at radius 1 is 1.55 bits per heavy atom. The molecule has 4 nitrogen and oxygen atoms in total. The maximum absolute atomic E-state index is 13.0. The van der Waals surface area contributed by atoms with E-state index in [0.717, 1.165) is 12.8 Å². The second kappa shape index (κ2) is 5.79. The molecule has 1 atom stereocenters. The summed E-state index contributed by atoms with van der Waals surface area (Å²) in [5.41, 5.74) is -0.271. The fourth-order valence-electron chi connectivity index (χ4n) is 2.06. The molecule has 1 aromatic carbocycles. The number of ether oxygens (including phenoxy) is 1. The van der Waals surface area contributed by atoms with Crippen molar-refractivity contribution in [1.82, 2.24) is 5.32 Å². The molecule has 0 aliphatic heterocycles.